The number of nitrogens with one attached hydrogen (secondary N) is 1. The molecular formula is C13H16ClNO3. The first-order valence-electron chi connectivity index (χ1n) is 5.95. The number of halogens is 1. The van der Waals surface area contributed by atoms with E-state index < -0.39 is 6.10 Å². The lowest BCUT2D eigenvalue weighted by Crippen LogP contribution is -2.50. The maximum Gasteiger partial charge on any atom is 0.260 e. The molecule has 1 unspecified atom stereocenters. The van der Waals surface area contributed by atoms with Crippen molar-refractivity contribution in [1.82, 2.24) is 5.32 Å². The number of rotatable bonds is 4. The van der Waals surface area contributed by atoms with Crippen molar-refractivity contribution in [3.05, 3.63) is 29.3 Å². The molecule has 0 aromatic heterocycles. The molecule has 0 heterocycles. The number of benzene rings is 1. The van der Waals surface area contributed by atoms with E-state index in [1.807, 2.05) is 0 Å². The topological polar surface area (TPSA) is 58.6 Å². The Balaban J connectivity index is 1.81. The van der Waals surface area contributed by atoms with Gasteiger partial charge < -0.3 is 15.2 Å². The molecule has 1 aromatic carbocycles. The summed E-state index contributed by atoms with van der Waals surface area (Å²) in [5.74, 6) is 0.442. The van der Waals surface area contributed by atoms with Crippen molar-refractivity contribution in [3.8, 4) is 5.75 Å². The number of carbonyl (C=O) groups excluding carboxylic acids is 1. The van der Waals surface area contributed by atoms with E-state index in [0.717, 1.165) is 0 Å². The molecule has 1 aromatic rings. The predicted molar refractivity (Wildman–Crippen MR) is 68.7 cm³/mol. The molecule has 1 saturated carbocycles. The monoisotopic (exact) mass is 269 g/mol. The summed E-state index contributed by atoms with van der Waals surface area (Å²) >= 11 is 5.76. The van der Waals surface area contributed by atoms with Gasteiger partial charge in [0.1, 0.15) is 5.75 Å². The van der Waals surface area contributed by atoms with Crippen LogP contribution in [0, 0.1) is 0 Å². The number of carbonyl (C=O) groups is 1. The Bertz CT molecular complexity index is 415. The van der Waals surface area contributed by atoms with Crippen molar-refractivity contribution in [2.75, 3.05) is 0 Å². The minimum Gasteiger partial charge on any atom is -0.481 e. The van der Waals surface area contributed by atoms with Gasteiger partial charge >= 0.3 is 0 Å². The van der Waals surface area contributed by atoms with E-state index in [1.54, 1.807) is 31.2 Å². The molecule has 1 atom stereocenters. The van der Waals surface area contributed by atoms with Crippen molar-refractivity contribution >= 4 is 17.5 Å². The minimum absolute atomic E-state index is 0.0729. The van der Waals surface area contributed by atoms with Gasteiger partial charge in [0, 0.05) is 11.1 Å². The first kappa shape index (κ1) is 13.2. The van der Waals surface area contributed by atoms with Crippen LogP contribution in [0.15, 0.2) is 24.3 Å². The first-order valence-corrected chi connectivity index (χ1v) is 6.33. The molecule has 0 radical (unpaired) electrons. The van der Waals surface area contributed by atoms with E-state index in [4.69, 9.17) is 21.4 Å². The third-order valence-electron chi connectivity index (χ3n) is 2.96. The van der Waals surface area contributed by atoms with Crippen LogP contribution < -0.4 is 10.1 Å². The minimum atomic E-state index is -0.566. The first-order chi connectivity index (χ1) is 8.54. The van der Waals surface area contributed by atoms with E-state index in [1.165, 1.54) is 0 Å². The van der Waals surface area contributed by atoms with E-state index in [2.05, 4.69) is 5.32 Å². The Morgan fingerprint density at radius 2 is 2.06 bits per heavy atom. The fraction of sp³-hybridized carbons (Fsp3) is 0.462. The molecule has 98 valence electrons. The molecule has 0 spiro atoms. The maximum atomic E-state index is 11.8. The molecule has 1 fully saturated rings. The molecule has 2 rings (SSSR count). The van der Waals surface area contributed by atoms with Crippen LogP contribution in [0.1, 0.15) is 19.8 Å². The number of hydrogen-bond donors (Lipinski definition) is 2. The number of amides is 1. The molecule has 1 aliphatic rings. The number of aliphatic hydroxyl groups is 1. The second-order valence-electron chi connectivity index (χ2n) is 4.54. The third kappa shape index (κ3) is 3.37. The molecule has 4 nitrogen and oxygen atoms in total. The molecule has 18 heavy (non-hydrogen) atoms. The Hall–Kier alpha value is -1.26. The Morgan fingerprint density at radius 3 is 2.61 bits per heavy atom. The number of aliphatic hydroxyl groups excluding tert-OH is 1. The Morgan fingerprint density at radius 1 is 1.44 bits per heavy atom. The van der Waals surface area contributed by atoms with Crippen LogP contribution in [-0.4, -0.2) is 29.3 Å². The lowest BCUT2D eigenvalue weighted by molar-refractivity contribution is -0.129. The number of ether oxygens (including phenoxy) is 1. The lowest BCUT2D eigenvalue weighted by Gasteiger charge is -2.32. The maximum absolute atomic E-state index is 11.8. The summed E-state index contributed by atoms with van der Waals surface area (Å²) in [5, 5.41) is 12.6. The SMILES string of the molecule is CC(Oc1ccc(Cl)cc1)C(=O)NC1CC(O)C1. The standard InChI is InChI=1S/C13H16ClNO3/c1-8(13(17)15-10-6-11(16)7-10)18-12-4-2-9(14)3-5-12/h2-5,8,10-11,16H,6-7H2,1H3,(H,15,17). The summed E-state index contributed by atoms with van der Waals surface area (Å²) in [4.78, 5) is 11.8. The Labute approximate surface area is 111 Å². The van der Waals surface area contributed by atoms with Gasteiger partial charge in [0.2, 0.25) is 0 Å². The molecule has 5 heteroatoms. The van der Waals surface area contributed by atoms with Crippen LogP contribution in [0.4, 0.5) is 0 Å². The second kappa shape index (κ2) is 5.59. The second-order valence-corrected chi connectivity index (χ2v) is 4.98. The quantitative estimate of drug-likeness (QED) is 0.875. The zero-order valence-electron chi connectivity index (χ0n) is 10.1. The summed E-state index contributed by atoms with van der Waals surface area (Å²) in [6.07, 6.45) is 0.408. The molecular weight excluding hydrogens is 254 g/mol. The highest BCUT2D eigenvalue weighted by molar-refractivity contribution is 6.30. The van der Waals surface area contributed by atoms with Gasteiger partial charge in [-0.2, -0.15) is 0 Å². The van der Waals surface area contributed by atoms with E-state index in [9.17, 15) is 4.79 Å². The summed E-state index contributed by atoms with van der Waals surface area (Å²) in [6.45, 7) is 1.69. The van der Waals surface area contributed by atoms with Crippen LogP contribution in [0.3, 0.4) is 0 Å². The van der Waals surface area contributed by atoms with Crippen LogP contribution in [0.2, 0.25) is 5.02 Å². The fourth-order valence-electron chi connectivity index (χ4n) is 1.80. The van der Waals surface area contributed by atoms with Crippen LogP contribution in [-0.2, 0) is 4.79 Å². The zero-order chi connectivity index (χ0) is 13.1. The largest absolute Gasteiger partial charge is 0.481 e. The Kier molecular flexibility index (Phi) is 4.09. The fourth-order valence-corrected chi connectivity index (χ4v) is 1.92. The van der Waals surface area contributed by atoms with Gasteiger partial charge in [-0.05, 0) is 44.0 Å². The van der Waals surface area contributed by atoms with E-state index in [-0.39, 0.29) is 18.1 Å². The molecule has 1 amide bonds. The molecule has 0 saturated heterocycles. The predicted octanol–water partition coefficient (Wildman–Crippen LogP) is 1.75. The normalized spacial score (nSPS) is 23.9. The highest BCUT2D eigenvalue weighted by Gasteiger charge is 2.29. The highest BCUT2D eigenvalue weighted by Crippen LogP contribution is 2.20. The number of hydrogen-bond acceptors (Lipinski definition) is 3. The van der Waals surface area contributed by atoms with Crippen LogP contribution in [0.25, 0.3) is 0 Å². The van der Waals surface area contributed by atoms with Gasteiger partial charge in [-0.1, -0.05) is 11.6 Å². The smallest absolute Gasteiger partial charge is 0.260 e. The van der Waals surface area contributed by atoms with E-state index >= 15 is 0 Å². The summed E-state index contributed by atoms with van der Waals surface area (Å²) < 4.78 is 5.49. The van der Waals surface area contributed by atoms with Crippen molar-refractivity contribution < 1.29 is 14.6 Å². The highest BCUT2D eigenvalue weighted by atomic mass is 35.5. The lowest BCUT2D eigenvalue weighted by atomic mass is 9.89. The van der Waals surface area contributed by atoms with Gasteiger partial charge in [-0.15, -0.1) is 0 Å². The van der Waals surface area contributed by atoms with Gasteiger partial charge in [-0.3, -0.25) is 4.79 Å². The van der Waals surface area contributed by atoms with Crippen molar-refractivity contribution in [2.45, 2.75) is 38.0 Å². The third-order valence-corrected chi connectivity index (χ3v) is 3.21. The average molecular weight is 270 g/mol. The molecule has 2 N–H and O–H groups in total. The van der Waals surface area contributed by atoms with Crippen molar-refractivity contribution in [1.29, 1.82) is 0 Å². The zero-order valence-corrected chi connectivity index (χ0v) is 10.9. The summed E-state index contributed by atoms with van der Waals surface area (Å²) in [7, 11) is 0. The van der Waals surface area contributed by atoms with E-state index in [0.29, 0.717) is 23.6 Å². The average Bonchev–Trinajstić information content (AvgIpc) is 2.30. The van der Waals surface area contributed by atoms with Gasteiger partial charge in [-0.25, -0.2) is 0 Å². The summed E-state index contributed by atoms with van der Waals surface area (Å²) in [6, 6.07) is 6.94. The van der Waals surface area contributed by atoms with Crippen LogP contribution >= 0.6 is 11.6 Å². The molecule has 0 bridgehead atoms. The van der Waals surface area contributed by atoms with Crippen molar-refractivity contribution in [2.24, 2.45) is 0 Å². The van der Waals surface area contributed by atoms with Crippen molar-refractivity contribution in [3.63, 3.8) is 0 Å². The molecule has 1 aliphatic carbocycles. The molecule has 0 aliphatic heterocycles. The van der Waals surface area contributed by atoms with Gasteiger partial charge in [0.15, 0.2) is 6.10 Å². The van der Waals surface area contributed by atoms with Gasteiger partial charge in [0.05, 0.1) is 6.10 Å². The summed E-state index contributed by atoms with van der Waals surface area (Å²) in [5.41, 5.74) is 0. The van der Waals surface area contributed by atoms with Crippen LogP contribution in [0.5, 0.6) is 5.75 Å². The van der Waals surface area contributed by atoms with Gasteiger partial charge in [0.25, 0.3) is 5.91 Å².